The van der Waals surface area contributed by atoms with Crippen LogP contribution in [0.25, 0.3) is 11.3 Å². The number of hydrogen-bond acceptors (Lipinski definition) is 7. The summed E-state index contributed by atoms with van der Waals surface area (Å²) in [4.78, 5) is 0. The number of nitriles is 1. The molecule has 1 aromatic heterocycles. The molecule has 0 spiro atoms. The minimum atomic E-state index is -0.791. The molecule has 2 atom stereocenters. The first-order valence-corrected chi connectivity index (χ1v) is 10.6. The van der Waals surface area contributed by atoms with Crippen LogP contribution in [-0.4, -0.2) is 37.4 Å². The standard InChI is InChI=1S/C25H26N4O4/c1-13(2)14-6-8-15(9-7-14)20-17(12-26)24(27)33-25-21(20)22(28-29-25)16-10-18(30-3)23(32-5)19(11-16)31-4/h6-11,13,17,20,27H,1-5H3,(H,28,29). The molecule has 0 radical (unpaired) electrons. The first-order chi connectivity index (χ1) is 15.9. The highest BCUT2D eigenvalue weighted by atomic mass is 16.5. The van der Waals surface area contributed by atoms with Gasteiger partial charge in [0.25, 0.3) is 0 Å². The Morgan fingerprint density at radius 1 is 1.06 bits per heavy atom. The smallest absolute Gasteiger partial charge is 0.244 e. The van der Waals surface area contributed by atoms with Crippen LogP contribution in [0, 0.1) is 22.7 Å². The number of nitrogens with one attached hydrogen (secondary N) is 2. The van der Waals surface area contributed by atoms with E-state index in [1.165, 1.54) is 5.56 Å². The molecule has 170 valence electrons. The van der Waals surface area contributed by atoms with Gasteiger partial charge in [0, 0.05) is 11.5 Å². The van der Waals surface area contributed by atoms with Crippen molar-refractivity contribution in [3.8, 4) is 40.5 Å². The van der Waals surface area contributed by atoms with Crippen molar-refractivity contribution in [2.45, 2.75) is 25.7 Å². The highest BCUT2D eigenvalue weighted by Crippen LogP contribution is 2.48. The maximum absolute atomic E-state index is 9.94. The second-order valence-corrected chi connectivity index (χ2v) is 8.10. The van der Waals surface area contributed by atoms with E-state index in [1.54, 1.807) is 21.3 Å². The lowest BCUT2D eigenvalue weighted by Crippen LogP contribution is -2.30. The van der Waals surface area contributed by atoms with Crippen LogP contribution in [0.1, 0.15) is 42.4 Å². The monoisotopic (exact) mass is 446 g/mol. The maximum Gasteiger partial charge on any atom is 0.244 e. The lowest BCUT2D eigenvalue weighted by molar-refractivity contribution is 0.324. The molecule has 0 fully saturated rings. The van der Waals surface area contributed by atoms with Crippen molar-refractivity contribution in [3.05, 3.63) is 53.1 Å². The molecule has 33 heavy (non-hydrogen) atoms. The topological polar surface area (TPSA) is 113 Å². The van der Waals surface area contributed by atoms with Gasteiger partial charge in [-0.1, -0.05) is 38.1 Å². The Balaban J connectivity index is 1.91. The van der Waals surface area contributed by atoms with Crippen LogP contribution in [0.2, 0.25) is 0 Å². The number of fused-ring (bicyclic) bond motifs is 1. The summed E-state index contributed by atoms with van der Waals surface area (Å²) < 4.78 is 22.1. The van der Waals surface area contributed by atoms with Gasteiger partial charge in [-0.25, -0.2) is 0 Å². The Bertz CT molecular complexity index is 1200. The minimum Gasteiger partial charge on any atom is -0.493 e. The molecule has 0 amide bonds. The average Bonchev–Trinajstić information content (AvgIpc) is 3.25. The second kappa shape index (κ2) is 8.87. The van der Waals surface area contributed by atoms with E-state index < -0.39 is 11.8 Å². The fourth-order valence-corrected chi connectivity index (χ4v) is 4.21. The van der Waals surface area contributed by atoms with Crippen molar-refractivity contribution in [3.63, 3.8) is 0 Å². The highest BCUT2D eigenvalue weighted by Gasteiger charge is 2.41. The van der Waals surface area contributed by atoms with Gasteiger partial charge < -0.3 is 18.9 Å². The van der Waals surface area contributed by atoms with E-state index in [9.17, 15) is 5.26 Å². The highest BCUT2D eigenvalue weighted by molar-refractivity contribution is 5.87. The summed E-state index contributed by atoms with van der Waals surface area (Å²) in [6.45, 7) is 4.27. The van der Waals surface area contributed by atoms with Crippen molar-refractivity contribution in [1.82, 2.24) is 10.2 Å². The molecule has 0 saturated heterocycles. The SMILES string of the molecule is COc1cc(-c2[nH]nc3c2C(c2ccc(C(C)C)cc2)C(C#N)C(=N)O3)cc(OC)c1OC. The van der Waals surface area contributed by atoms with Crippen LogP contribution < -0.4 is 18.9 Å². The zero-order valence-electron chi connectivity index (χ0n) is 19.2. The predicted octanol–water partition coefficient (Wildman–Crippen LogP) is 4.87. The number of aromatic amines is 1. The van der Waals surface area contributed by atoms with Gasteiger partial charge in [0.15, 0.2) is 11.5 Å². The molecule has 2 heterocycles. The number of methoxy groups -OCH3 is 3. The lowest BCUT2D eigenvalue weighted by Gasteiger charge is -2.28. The Morgan fingerprint density at radius 2 is 1.70 bits per heavy atom. The fraction of sp³-hybridized carbons (Fsp3) is 0.320. The van der Waals surface area contributed by atoms with Crippen LogP contribution in [0.4, 0.5) is 0 Å². The van der Waals surface area contributed by atoms with Crippen LogP contribution in [0.3, 0.4) is 0 Å². The average molecular weight is 447 g/mol. The van der Waals surface area contributed by atoms with Gasteiger partial charge in [0.1, 0.15) is 5.92 Å². The molecule has 1 aliphatic rings. The van der Waals surface area contributed by atoms with Crippen LogP contribution >= 0.6 is 0 Å². The molecule has 3 aromatic rings. The zero-order valence-corrected chi connectivity index (χ0v) is 19.2. The molecule has 2 unspecified atom stereocenters. The summed E-state index contributed by atoms with van der Waals surface area (Å²) in [5.41, 5.74) is 4.22. The normalized spacial score (nSPS) is 17.2. The van der Waals surface area contributed by atoms with E-state index in [0.717, 1.165) is 11.1 Å². The van der Waals surface area contributed by atoms with E-state index >= 15 is 0 Å². The number of H-pyrrole nitrogens is 1. The van der Waals surface area contributed by atoms with E-state index in [2.05, 4.69) is 42.2 Å². The Kier molecular flexibility index (Phi) is 5.97. The summed E-state index contributed by atoms with van der Waals surface area (Å²) in [6.07, 6.45) is 0. The van der Waals surface area contributed by atoms with Gasteiger partial charge in [0.2, 0.25) is 17.5 Å². The molecular formula is C25H26N4O4. The van der Waals surface area contributed by atoms with Crippen LogP contribution in [0.5, 0.6) is 23.1 Å². The fourth-order valence-electron chi connectivity index (χ4n) is 4.21. The van der Waals surface area contributed by atoms with Gasteiger partial charge in [-0.3, -0.25) is 10.5 Å². The first kappa shape index (κ1) is 22.2. The number of nitrogens with zero attached hydrogens (tertiary/aromatic N) is 2. The second-order valence-electron chi connectivity index (χ2n) is 8.10. The van der Waals surface area contributed by atoms with E-state index in [0.29, 0.717) is 34.4 Å². The number of ether oxygens (including phenoxy) is 4. The summed E-state index contributed by atoms with van der Waals surface area (Å²) in [6, 6.07) is 14.0. The van der Waals surface area contributed by atoms with Crippen molar-refractivity contribution in [2.75, 3.05) is 21.3 Å². The van der Waals surface area contributed by atoms with Gasteiger partial charge in [-0.05, 0) is 29.2 Å². The minimum absolute atomic E-state index is 0.120. The first-order valence-electron chi connectivity index (χ1n) is 10.6. The molecule has 8 heteroatoms. The Labute approximate surface area is 192 Å². The van der Waals surface area contributed by atoms with Gasteiger partial charge >= 0.3 is 0 Å². The molecule has 0 bridgehead atoms. The molecule has 0 aliphatic carbocycles. The predicted molar refractivity (Wildman–Crippen MR) is 124 cm³/mol. The van der Waals surface area contributed by atoms with Crippen molar-refractivity contribution in [1.29, 1.82) is 10.7 Å². The Morgan fingerprint density at radius 3 is 2.21 bits per heavy atom. The number of hydrogen-bond donors (Lipinski definition) is 2. The Hall–Kier alpha value is -3.99. The number of rotatable bonds is 6. The lowest BCUT2D eigenvalue weighted by atomic mass is 9.78. The van der Waals surface area contributed by atoms with Crippen molar-refractivity contribution < 1.29 is 18.9 Å². The summed E-state index contributed by atoms with van der Waals surface area (Å²) in [7, 11) is 4.66. The summed E-state index contributed by atoms with van der Waals surface area (Å²) in [5.74, 6) is 0.799. The molecular weight excluding hydrogens is 420 g/mol. The van der Waals surface area contributed by atoms with Crippen LogP contribution in [0.15, 0.2) is 36.4 Å². The summed E-state index contributed by atoms with van der Waals surface area (Å²) >= 11 is 0. The van der Waals surface area contributed by atoms with Gasteiger partial charge in [-0.15, -0.1) is 5.10 Å². The third-order valence-corrected chi connectivity index (χ3v) is 5.96. The molecule has 1 aliphatic heterocycles. The quantitative estimate of drug-likeness (QED) is 0.559. The molecule has 8 nitrogen and oxygen atoms in total. The van der Waals surface area contributed by atoms with E-state index in [-0.39, 0.29) is 11.8 Å². The molecule has 2 N–H and O–H groups in total. The zero-order chi connectivity index (χ0) is 23.7. The van der Waals surface area contributed by atoms with Crippen LogP contribution in [-0.2, 0) is 0 Å². The maximum atomic E-state index is 9.94. The largest absolute Gasteiger partial charge is 0.493 e. The molecule has 2 aromatic carbocycles. The molecule has 4 rings (SSSR count). The third kappa shape index (κ3) is 3.76. The summed E-state index contributed by atoms with van der Waals surface area (Å²) in [5, 5.41) is 25.6. The van der Waals surface area contributed by atoms with E-state index in [4.69, 9.17) is 24.4 Å². The molecule has 0 saturated carbocycles. The third-order valence-electron chi connectivity index (χ3n) is 5.96. The number of benzene rings is 2. The van der Waals surface area contributed by atoms with Crippen molar-refractivity contribution in [2.24, 2.45) is 5.92 Å². The van der Waals surface area contributed by atoms with Crippen molar-refractivity contribution >= 4 is 5.90 Å². The van der Waals surface area contributed by atoms with E-state index in [1.807, 2.05) is 24.3 Å². The van der Waals surface area contributed by atoms with Gasteiger partial charge in [0.05, 0.1) is 38.7 Å². The van der Waals surface area contributed by atoms with Gasteiger partial charge in [-0.2, -0.15) is 5.26 Å². The number of aromatic nitrogens is 2.